The van der Waals surface area contributed by atoms with Crippen molar-refractivity contribution in [3.63, 3.8) is 0 Å². The predicted octanol–water partition coefficient (Wildman–Crippen LogP) is 5.10. The zero-order valence-electron chi connectivity index (χ0n) is 19.8. The van der Waals surface area contributed by atoms with Gasteiger partial charge in [-0.25, -0.2) is 18.7 Å². The molecule has 0 radical (unpaired) electrons. The van der Waals surface area contributed by atoms with Crippen LogP contribution in [-0.2, 0) is 5.54 Å². The van der Waals surface area contributed by atoms with Gasteiger partial charge < -0.3 is 10.4 Å². The summed E-state index contributed by atoms with van der Waals surface area (Å²) in [4.78, 5) is 21.2. The molecule has 2 heterocycles. The third-order valence-corrected chi connectivity index (χ3v) is 8.18. The predicted molar refractivity (Wildman–Crippen MR) is 129 cm³/mol. The molecule has 7 nitrogen and oxygen atoms in total. The average molecular weight is 508 g/mol. The molecule has 37 heavy (non-hydrogen) atoms. The fourth-order valence-corrected chi connectivity index (χ4v) is 5.81. The molecule has 7 rings (SSSR count). The summed E-state index contributed by atoms with van der Waals surface area (Å²) in [6.07, 6.45) is 10.7. The molecule has 2 bridgehead atoms. The molecule has 4 aromatic rings. The number of carbonyl (C=O) groups is 1. The topological polar surface area (TPSA) is 92.9 Å². The largest absolute Gasteiger partial charge is 0.503 e. The van der Waals surface area contributed by atoms with Crippen LogP contribution >= 0.6 is 0 Å². The zero-order chi connectivity index (χ0) is 25.8. The van der Waals surface area contributed by atoms with Gasteiger partial charge in [0.05, 0.1) is 16.6 Å². The van der Waals surface area contributed by atoms with E-state index in [-0.39, 0.29) is 17.5 Å². The molecule has 2 N–H and O–H groups in total. The summed E-state index contributed by atoms with van der Waals surface area (Å²) in [6.45, 7) is 0.285. The Hall–Kier alpha value is -3.95. The van der Waals surface area contributed by atoms with Crippen molar-refractivity contribution in [2.75, 3.05) is 6.54 Å². The highest BCUT2D eigenvalue weighted by atomic mass is 19.2. The standard InChI is InChI=1S/C27H24F3N5O2/c28-19-13-18(21(29)22(30)23(19)36)25(37)33-15-26-4-7-27(8-5-26,9-6-26)35-14-17-3-2-16(12-20(17)34-35)24-31-10-1-11-32-24/h1-3,10-14,36H,4-9,15H2,(H,33,37)/t26-,27+. The van der Waals surface area contributed by atoms with Crippen LogP contribution in [0, 0.1) is 22.9 Å². The summed E-state index contributed by atoms with van der Waals surface area (Å²) in [6, 6.07) is 8.31. The molecule has 0 saturated heterocycles. The molecule has 2 aromatic carbocycles. The van der Waals surface area contributed by atoms with Gasteiger partial charge in [0.1, 0.15) is 0 Å². The first-order chi connectivity index (χ1) is 17.8. The van der Waals surface area contributed by atoms with E-state index in [2.05, 4.69) is 26.2 Å². The molecule has 3 aliphatic carbocycles. The molecular formula is C27H24F3N5O2. The number of amides is 1. The SMILES string of the molecule is O=C(NC[C@]12CC[C@](n3cc4ccc(-c5ncccn5)cc4n3)(CC1)CC2)c1cc(F)c(O)c(F)c1F. The van der Waals surface area contributed by atoms with Gasteiger partial charge in [0, 0.05) is 36.1 Å². The lowest BCUT2D eigenvalue weighted by molar-refractivity contribution is -0.00564. The Bertz CT molecular complexity index is 1500. The number of aromatic hydroxyl groups is 1. The van der Waals surface area contributed by atoms with Gasteiger partial charge in [-0.05, 0) is 62.1 Å². The first kappa shape index (κ1) is 23.4. The van der Waals surface area contributed by atoms with Gasteiger partial charge in [-0.15, -0.1) is 0 Å². The number of phenolic OH excluding ortho intramolecular Hbond substituents is 1. The van der Waals surface area contributed by atoms with Crippen molar-refractivity contribution in [3.8, 4) is 17.1 Å². The molecular weight excluding hydrogens is 483 g/mol. The van der Waals surface area contributed by atoms with Gasteiger partial charge >= 0.3 is 0 Å². The van der Waals surface area contributed by atoms with E-state index in [9.17, 15) is 23.1 Å². The van der Waals surface area contributed by atoms with Crippen molar-refractivity contribution in [2.24, 2.45) is 5.41 Å². The molecule has 0 atom stereocenters. The lowest BCUT2D eigenvalue weighted by Gasteiger charge is -2.53. The summed E-state index contributed by atoms with van der Waals surface area (Å²) in [5.41, 5.74) is 0.760. The van der Waals surface area contributed by atoms with Crippen LogP contribution in [0.25, 0.3) is 22.3 Å². The van der Waals surface area contributed by atoms with E-state index in [4.69, 9.17) is 5.10 Å². The lowest BCUT2D eigenvalue weighted by atomic mass is 9.57. The molecule has 0 aliphatic heterocycles. The van der Waals surface area contributed by atoms with Crippen molar-refractivity contribution < 1.29 is 23.1 Å². The van der Waals surface area contributed by atoms with Gasteiger partial charge in [0.25, 0.3) is 5.91 Å². The van der Waals surface area contributed by atoms with Gasteiger partial charge in [-0.3, -0.25) is 9.48 Å². The number of carbonyl (C=O) groups excluding carboxylic acids is 1. The minimum Gasteiger partial charge on any atom is -0.503 e. The van der Waals surface area contributed by atoms with Gasteiger partial charge in [0.15, 0.2) is 23.2 Å². The lowest BCUT2D eigenvalue weighted by Crippen LogP contribution is -2.51. The maximum atomic E-state index is 14.1. The van der Waals surface area contributed by atoms with E-state index in [0.717, 1.165) is 55.0 Å². The van der Waals surface area contributed by atoms with E-state index in [0.29, 0.717) is 11.9 Å². The molecule has 3 aliphatic rings. The Morgan fingerprint density at radius 3 is 2.41 bits per heavy atom. The van der Waals surface area contributed by atoms with Crippen LogP contribution in [0.1, 0.15) is 48.9 Å². The number of aromatic nitrogens is 4. The van der Waals surface area contributed by atoms with Crippen molar-refractivity contribution in [1.82, 2.24) is 25.1 Å². The van der Waals surface area contributed by atoms with Crippen LogP contribution in [0.2, 0.25) is 0 Å². The van der Waals surface area contributed by atoms with Crippen molar-refractivity contribution in [3.05, 3.63) is 71.9 Å². The second-order valence-electron chi connectivity index (χ2n) is 10.2. The molecule has 10 heteroatoms. The van der Waals surface area contributed by atoms with Crippen LogP contribution in [-0.4, -0.2) is 37.3 Å². The first-order valence-corrected chi connectivity index (χ1v) is 12.2. The molecule has 1 amide bonds. The summed E-state index contributed by atoms with van der Waals surface area (Å²) in [5, 5.41) is 17.8. The molecule has 0 spiro atoms. The number of benzene rings is 2. The van der Waals surface area contributed by atoms with Crippen LogP contribution in [0.5, 0.6) is 5.75 Å². The van der Waals surface area contributed by atoms with Crippen LogP contribution in [0.3, 0.4) is 0 Å². The normalized spacial score (nSPS) is 22.9. The summed E-state index contributed by atoms with van der Waals surface area (Å²) in [7, 11) is 0. The molecule has 2 aromatic heterocycles. The Labute approximate surface area is 210 Å². The Balaban J connectivity index is 1.16. The maximum absolute atomic E-state index is 14.1. The van der Waals surface area contributed by atoms with Crippen LogP contribution < -0.4 is 5.32 Å². The van der Waals surface area contributed by atoms with Gasteiger partial charge in [-0.2, -0.15) is 9.49 Å². The first-order valence-electron chi connectivity index (χ1n) is 12.2. The van der Waals surface area contributed by atoms with Crippen molar-refractivity contribution in [2.45, 2.75) is 44.1 Å². The number of nitrogens with zero attached hydrogens (tertiary/aromatic N) is 4. The summed E-state index contributed by atoms with van der Waals surface area (Å²) in [5.74, 6) is -6.39. The highest BCUT2D eigenvalue weighted by molar-refractivity contribution is 5.94. The average Bonchev–Trinajstić information content (AvgIpc) is 3.38. The monoisotopic (exact) mass is 507 g/mol. The minimum absolute atomic E-state index is 0.108. The van der Waals surface area contributed by atoms with Gasteiger partial charge in [0.2, 0.25) is 5.82 Å². The highest BCUT2D eigenvalue weighted by Crippen LogP contribution is 2.55. The van der Waals surface area contributed by atoms with Gasteiger partial charge in [-0.1, -0.05) is 12.1 Å². The summed E-state index contributed by atoms with van der Waals surface area (Å²) >= 11 is 0. The molecule has 3 fully saturated rings. The smallest absolute Gasteiger partial charge is 0.254 e. The highest BCUT2D eigenvalue weighted by Gasteiger charge is 2.50. The quantitative estimate of drug-likeness (QED) is 0.367. The van der Waals surface area contributed by atoms with Crippen molar-refractivity contribution >= 4 is 16.8 Å². The molecule has 0 unspecified atom stereocenters. The Morgan fingerprint density at radius 2 is 1.70 bits per heavy atom. The molecule has 3 saturated carbocycles. The van der Waals surface area contributed by atoms with Crippen molar-refractivity contribution in [1.29, 1.82) is 0 Å². The van der Waals surface area contributed by atoms with E-state index in [1.54, 1.807) is 18.5 Å². The second-order valence-corrected chi connectivity index (χ2v) is 10.2. The second kappa shape index (κ2) is 8.57. The Morgan fingerprint density at radius 1 is 1.00 bits per heavy atom. The maximum Gasteiger partial charge on any atom is 0.254 e. The summed E-state index contributed by atoms with van der Waals surface area (Å²) < 4.78 is 43.5. The van der Waals surface area contributed by atoms with E-state index in [1.165, 1.54) is 0 Å². The third kappa shape index (κ3) is 3.91. The van der Waals surface area contributed by atoms with E-state index < -0.39 is 34.7 Å². The van der Waals surface area contributed by atoms with E-state index in [1.807, 2.05) is 18.2 Å². The zero-order valence-corrected chi connectivity index (χ0v) is 19.8. The molecule has 190 valence electrons. The number of fused-ring (bicyclic) bond motifs is 4. The fourth-order valence-electron chi connectivity index (χ4n) is 5.81. The number of halogens is 3. The number of hydrogen-bond acceptors (Lipinski definition) is 5. The number of rotatable bonds is 5. The van der Waals surface area contributed by atoms with Crippen LogP contribution in [0.4, 0.5) is 13.2 Å². The Kier molecular flexibility index (Phi) is 5.43. The number of nitrogens with one attached hydrogen (secondary N) is 1. The fraction of sp³-hybridized carbons (Fsp3) is 0.333. The third-order valence-electron chi connectivity index (χ3n) is 8.18. The number of hydrogen-bond donors (Lipinski definition) is 2. The van der Waals surface area contributed by atoms with E-state index >= 15 is 0 Å². The number of phenols is 1. The minimum atomic E-state index is -1.77. The van der Waals surface area contributed by atoms with Crippen LogP contribution in [0.15, 0.2) is 48.9 Å².